The number of hydrogen-bond acceptors (Lipinski definition) is 3. The topological polar surface area (TPSA) is 63.7 Å². The van der Waals surface area contributed by atoms with E-state index in [2.05, 4.69) is 9.98 Å². The molecule has 17 heavy (non-hydrogen) atoms. The van der Waals surface area contributed by atoms with E-state index in [1.807, 2.05) is 23.1 Å². The predicted molar refractivity (Wildman–Crippen MR) is 77.4 cm³/mol. The molecule has 0 amide bonds. The molecular formula is C11H17IN4O. The number of pyridine rings is 1. The molecule has 1 fully saturated rings. The van der Waals surface area contributed by atoms with Gasteiger partial charge in [0, 0.05) is 19.3 Å². The predicted octanol–water partition coefficient (Wildman–Crippen LogP) is 0.847. The lowest BCUT2D eigenvalue weighted by molar-refractivity contribution is 0.0674. The molecule has 2 heterocycles. The van der Waals surface area contributed by atoms with Gasteiger partial charge in [0.15, 0.2) is 5.96 Å². The van der Waals surface area contributed by atoms with Crippen molar-refractivity contribution in [3.8, 4) is 0 Å². The van der Waals surface area contributed by atoms with Gasteiger partial charge in [0.05, 0.1) is 25.5 Å². The first kappa shape index (κ1) is 14.2. The van der Waals surface area contributed by atoms with Crippen molar-refractivity contribution in [2.45, 2.75) is 6.54 Å². The quantitative estimate of drug-likeness (QED) is 0.489. The summed E-state index contributed by atoms with van der Waals surface area (Å²) < 4.78 is 5.25. The Hall–Kier alpha value is -0.890. The number of guanidine groups is 1. The van der Waals surface area contributed by atoms with Crippen LogP contribution in [-0.4, -0.2) is 42.1 Å². The summed E-state index contributed by atoms with van der Waals surface area (Å²) in [7, 11) is 0. The number of hydrogen-bond donors (Lipinski definition) is 1. The molecule has 1 aliphatic rings. The molecule has 0 spiro atoms. The standard InChI is InChI=1S/C11H16N4O.HI/c12-11(15-5-7-16-8-6-15)14-9-10-3-1-2-4-13-10;/h1-4H,5-9H2,(H2,12,14);1H. The monoisotopic (exact) mass is 348 g/mol. The van der Waals surface area contributed by atoms with E-state index in [9.17, 15) is 0 Å². The molecule has 94 valence electrons. The van der Waals surface area contributed by atoms with Crippen molar-refractivity contribution in [1.29, 1.82) is 0 Å². The minimum Gasteiger partial charge on any atom is -0.378 e. The van der Waals surface area contributed by atoms with Crippen molar-refractivity contribution in [1.82, 2.24) is 9.88 Å². The number of nitrogens with two attached hydrogens (primary N) is 1. The fraction of sp³-hybridized carbons (Fsp3) is 0.455. The number of aliphatic imine (C=N–C) groups is 1. The number of aromatic nitrogens is 1. The van der Waals surface area contributed by atoms with E-state index in [0.717, 1.165) is 32.0 Å². The zero-order chi connectivity index (χ0) is 11.2. The molecular weight excluding hydrogens is 331 g/mol. The normalized spacial score (nSPS) is 16.5. The van der Waals surface area contributed by atoms with E-state index in [4.69, 9.17) is 10.5 Å². The molecule has 0 bridgehead atoms. The Balaban J connectivity index is 0.00000144. The Kier molecular flexibility index (Phi) is 6.20. The molecule has 1 aliphatic heterocycles. The summed E-state index contributed by atoms with van der Waals surface area (Å²) in [5.74, 6) is 0.578. The zero-order valence-corrected chi connectivity index (χ0v) is 11.9. The third kappa shape index (κ3) is 4.47. The summed E-state index contributed by atoms with van der Waals surface area (Å²) in [6.45, 7) is 3.61. The highest BCUT2D eigenvalue weighted by Gasteiger charge is 2.11. The van der Waals surface area contributed by atoms with E-state index < -0.39 is 0 Å². The molecule has 0 aliphatic carbocycles. The SMILES string of the molecule is I.NC(=NCc1ccccn1)N1CCOCC1. The lowest BCUT2D eigenvalue weighted by Gasteiger charge is -2.27. The van der Waals surface area contributed by atoms with Crippen LogP contribution in [0, 0.1) is 0 Å². The Labute approximate surface area is 118 Å². The summed E-state index contributed by atoms with van der Waals surface area (Å²) in [6, 6.07) is 5.78. The highest BCUT2D eigenvalue weighted by molar-refractivity contribution is 14.0. The van der Waals surface area contributed by atoms with Crippen molar-refractivity contribution >= 4 is 29.9 Å². The molecule has 6 heteroatoms. The van der Waals surface area contributed by atoms with E-state index in [0.29, 0.717) is 12.5 Å². The van der Waals surface area contributed by atoms with Gasteiger partial charge in [-0.25, -0.2) is 4.99 Å². The average Bonchev–Trinajstić information content (AvgIpc) is 2.38. The largest absolute Gasteiger partial charge is 0.378 e. The van der Waals surface area contributed by atoms with Gasteiger partial charge in [-0.1, -0.05) is 6.07 Å². The first-order chi connectivity index (χ1) is 7.86. The van der Waals surface area contributed by atoms with Gasteiger partial charge >= 0.3 is 0 Å². The maximum absolute atomic E-state index is 5.89. The van der Waals surface area contributed by atoms with E-state index in [1.165, 1.54) is 0 Å². The molecule has 1 saturated heterocycles. The van der Waals surface area contributed by atoms with Gasteiger partial charge in [-0.05, 0) is 12.1 Å². The smallest absolute Gasteiger partial charge is 0.191 e. The molecule has 0 atom stereocenters. The molecule has 2 N–H and O–H groups in total. The van der Waals surface area contributed by atoms with Gasteiger partial charge in [0.2, 0.25) is 0 Å². The van der Waals surface area contributed by atoms with E-state index in [1.54, 1.807) is 6.20 Å². The summed E-state index contributed by atoms with van der Waals surface area (Å²) >= 11 is 0. The highest BCUT2D eigenvalue weighted by Crippen LogP contribution is 1.99. The van der Waals surface area contributed by atoms with Crippen LogP contribution < -0.4 is 5.73 Å². The fourth-order valence-corrected chi connectivity index (χ4v) is 1.55. The molecule has 0 saturated carbocycles. The Morgan fingerprint density at radius 2 is 2.18 bits per heavy atom. The van der Waals surface area contributed by atoms with Crippen molar-refractivity contribution in [3.05, 3.63) is 30.1 Å². The van der Waals surface area contributed by atoms with E-state index >= 15 is 0 Å². The summed E-state index contributed by atoms with van der Waals surface area (Å²) in [4.78, 5) is 10.5. The number of rotatable bonds is 2. The van der Waals surface area contributed by atoms with Gasteiger partial charge in [-0.2, -0.15) is 0 Å². The number of morpholine rings is 1. The number of ether oxygens (including phenoxy) is 1. The summed E-state index contributed by atoms with van der Waals surface area (Å²) in [5.41, 5.74) is 6.82. The Morgan fingerprint density at radius 3 is 2.82 bits per heavy atom. The van der Waals surface area contributed by atoms with Crippen LogP contribution in [-0.2, 0) is 11.3 Å². The maximum Gasteiger partial charge on any atom is 0.191 e. The first-order valence-electron chi connectivity index (χ1n) is 5.39. The van der Waals surface area contributed by atoms with Gasteiger partial charge in [-0.15, -0.1) is 24.0 Å². The average molecular weight is 348 g/mol. The fourth-order valence-electron chi connectivity index (χ4n) is 1.55. The zero-order valence-electron chi connectivity index (χ0n) is 9.58. The highest BCUT2D eigenvalue weighted by atomic mass is 127. The molecule has 0 unspecified atom stereocenters. The second-order valence-corrected chi connectivity index (χ2v) is 3.59. The molecule has 0 radical (unpaired) electrons. The second kappa shape index (κ2) is 7.44. The van der Waals surface area contributed by atoms with Gasteiger partial charge < -0.3 is 15.4 Å². The van der Waals surface area contributed by atoms with Crippen molar-refractivity contribution in [2.24, 2.45) is 10.7 Å². The summed E-state index contributed by atoms with van der Waals surface area (Å²) in [6.07, 6.45) is 1.76. The van der Waals surface area contributed by atoms with Crippen LogP contribution in [0.1, 0.15) is 5.69 Å². The van der Waals surface area contributed by atoms with Gasteiger partial charge in [0.25, 0.3) is 0 Å². The van der Waals surface area contributed by atoms with Crippen LogP contribution in [0.4, 0.5) is 0 Å². The minimum absolute atomic E-state index is 0. The van der Waals surface area contributed by atoms with Gasteiger partial charge in [0.1, 0.15) is 0 Å². The van der Waals surface area contributed by atoms with Crippen LogP contribution in [0.2, 0.25) is 0 Å². The van der Waals surface area contributed by atoms with E-state index in [-0.39, 0.29) is 24.0 Å². The Morgan fingerprint density at radius 1 is 1.41 bits per heavy atom. The molecule has 5 nitrogen and oxygen atoms in total. The number of nitrogens with zero attached hydrogens (tertiary/aromatic N) is 3. The van der Waals surface area contributed by atoms with Crippen LogP contribution in [0.15, 0.2) is 29.4 Å². The van der Waals surface area contributed by atoms with Crippen molar-refractivity contribution < 1.29 is 4.74 Å². The van der Waals surface area contributed by atoms with Gasteiger partial charge in [-0.3, -0.25) is 4.98 Å². The lowest BCUT2D eigenvalue weighted by Crippen LogP contribution is -2.44. The molecule has 1 aromatic heterocycles. The first-order valence-corrected chi connectivity index (χ1v) is 5.39. The lowest BCUT2D eigenvalue weighted by atomic mass is 10.3. The van der Waals surface area contributed by atoms with Crippen LogP contribution in [0.5, 0.6) is 0 Å². The van der Waals surface area contributed by atoms with Crippen LogP contribution in [0.3, 0.4) is 0 Å². The molecule has 2 rings (SSSR count). The third-order valence-corrected chi connectivity index (χ3v) is 2.46. The Bertz CT molecular complexity index is 352. The van der Waals surface area contributed by atoms with Crippen molar-refractivity contribution in [3.63, 3.8) is 0 Å². The molecule has 0 aromatic carbocycles. The third-order valence-electron chi connectivity index (χ3n) is 2.46. The van der Waals surface area contributed by atoms with Crippen LogP contribution >= 0.6 is 24.0 Å². The van der Waals surface area contributed by atoms with Crippen molar-refractivity contribution in [2.75, 3.05) is 26.3 Å². The molecule has 1 aromatic rings. The number of halogens is 1. The summed E-state index contributed by atoms with van der Waals surface area (Å²) in [5, 5.41) is 0. The second-order valence-electron chi connectivity index (χ2n) is 3.59. The maximum atomic E-state index is 5.89. The van der Waals surface area contributed by atoms with Crippen LogP contribution in [0.25, 0.3) is 0 Å². The minimum atomic E-state index is 0.